The van der Waals surface area contributed by atoms with Crippen LogP contribution in [0.3, 0.4) is 0 Å². The zero-order valence-electron chi connectivity index (χ0n) is 11.9. The standard InChI is InChI=1S/C13H19N5O2S/c1-2-20-13(19)18-7-4-9(5-8-18)16-12-15-6-3-10(17-12)11(14)21/h3,6,9H,2,4-5,7-8H2,1H3,(H2,14,21)(H,15,16,17). The number of piperidine rings is 1. The Hall–Kier alpha value is -1.96. The maximum atomic E-state index is 11.6. The number of hydrogen-bond acceptors (Lipinski definition) is 6. The molecule has 0 unspecified atom stereocenters. The van der Waals surface area contributed by atoms with E-state index in [-0.39, 0.29) is 17.1 Å². The number of thiocarbonyl (C=S) groups is 1. The average Bonchev–Trinajstić information content (AvgIpc) is 2.48. The minimum atomic E-state index is -0.248. The molecule has 1 aromatic rings. The number of nitrogens with one attached hydrogen (secondary N) is 1. The Morgan fingerprint density at radius 1 is 1.57 bits per heavy atom. The van der Waals surface area contributed by atoms with Crippen LogP contribution < -0.4 is 11.1 Å². The summed E-state index contributed by atoms with van der Waals surface area (Å²) in [6, 6.07) is 1.90. The van der Waals surface area contributed by atoms with Gasteiger partial charge in [0.2, 0.25) is 5.95 Å². The Morgan fingerprint density at radius 3 is 2.90 bits per heavy atom. The third kappa shape index (κ3) is 4.25. The molecule has 21 heavy (non-hydrogen) atoms. The number of hydrogen-bond donors (Lipinski definition) is 2. The Bertz CT molecular complexity index is 517. The molecule has 0 aliphatic carbocycles. The van der Waals surface area contributed by atoms with Gasteiger partial charge in [-0.1, -0.05) is 12.2 Å². The fourth-order valence-electron chi connectivity index (χ4n) is 2.17. The molecule has 0 radical (unpaired) electrons. The molecule has 2 heterocycles. The van der Waals surface area contributed by atoms with Crippen LogP contribution in [0.2, 0.25) is 0 Å². The Morgan fingerprint density at radius 2 is 2.29 bits per heavy atom. The molecule has 0 saturated carbocycles. The van der Waals surface area contributed by atoms with Crippen LogP contribution in [0.25, 0.3) is 0 Å². The second-order valence-corrected chi connectivity index (χ2v) is 5.17. The first kappa shape index (κ1) is 15.4. The van der Waals surface area contributed by atoms with E-state index in [1.807, 2.05) is 0 Å². The summed E-state index contributed by atoms with van der Waals surface area (Å²) in [6.45, 7) is 3.52. The van der Waals surface area contributed by atoms with Crippen molar-refractivity contribution >= 4 is 29.2 Å². The Kier molecular flexibility index (Phi) is 5.26. The smallest absolute Gasteiger partial charge is 0.409 e. The third-order valence-electron chi connectivity index (χ3n) is 3.26. The summed E-state index contributed by atoms with van der Waals surface area (Å²) in [5.74, 6) is 0.509. The number of nitrogens with two attached hydrogens (primary N) is 1. The predicted octanol–water partition coefficient (Wildman–Crippen LogP) is 1.14. The molecule has 0 atom stereocenters. The van der Waals surface area contributed by atoms with Crippen LogP contribution in [0.15, 0.2) is 12.3 Å². The maximum Gasteiger partial charge on any atom is 0.409 e. The van der Waals surface area contributed by atoms with Crippen LogP contribution in [-0.4, -0.2) is 51.7 Å². The van der Waals surface area contributed by atoms with E-state index in [1.54, 1.807) is 24.1 Å². The van der Waals surface area contributed by atoms with Crippen molar-refractivity contribution in [1.29, 1.82) is 0 Å². The largest absolute Gasteiger partial charge is 0.450 e. The molecule has 3 N–H and O–H groups in total. The number of nitrogens with zero attached hydrogens (tertiary/aromatic N) is 3. The van der Waals surface area contributed by atoms with Crippen LogP contribution in [0.5, 0.6) is 0 Å². The van der Waals surface area contributed by atoms with Crippen molar-refractivity contribution in [3.63, 3.8) is 0 Å². The molecule has 1 fully saturated rings. The van der Waals surface area contributed by atoms with Gasteiger partial charge in [0.25, 0.3) is 0 Å². The Balaban J connectivity index is 1.87. The van der Waals surface area contributed by atoms with Crippen molar-refractivity contribution < 1.29 is 9.53 Å². The van der Waals surface area contributed by atoms with E-state index in [1.165, 1.54) is 0 Å². The SMILES string of the molecule is CCOC(=O)N1CCC(Nc2nccc(C(N)=S)n2)CC1. The number of carbonyl (C=O) groups is 1. The quantitative estimate of drug-likeness (QED) is 0.806. The van der Waals surface area contributed by atoms with Gasteiger partial charge in [-0.3, -0.25) is 0 Å². The first-order valence-corrected chi connectivity index (χ1v) is 7.32. The van der Waals surface area contributed by atoms with Crippen molar-refractivity contribution in [3.05, 3.63) is 18.0 Å². The monoisotopic (exact) mass is 309 g/mol. The lowest BCUT2D eigenvalue weighted by molar-refractivity contribution is 0.0983. The van der Waals surface area contributed by atoms with E-state index in [2.05, 4.69) is 15.3 Å². The van der Waals surface area contributed by atoms with Gasteiger partial charge in [0, 0.05) is 25.3 Å². The highest BCUT2D eigenvalue weighted by molar-refractivity contribution is 7.80. The lowest BCUT2D eigenvalue weighted by atomic mass is 10.1. The second-order valence-electron chi connectivity index (χ2n) is 4.73. The van der Waals surface area contributed by atoms with Gasteiger partial charge in [-0.05, 0) is 25.8 Å². The van der Waals surface area contributed by atoms with Crippen LogP contribution in [0, 0.1) is 0 Å². The predicted molar refractivity (Wildman–Crippen MR) is 83.2 cm³/mol. The summed E-state index contributed by atoms with van der Waals surface area (Å²) in [4.78, 5) is 22.0. The van der Waals surface area contributed by atoms with E-state index in [4.69, 9.17) is 22.7 Å². The van der Waals surface area contributed by atoms with Gasteiger partial charge in [0.15, 0.2) is 0 Å². The van der Waals surface area contributed by atoms with Crippen LogP contribution in [-0.2, 0) is 4.74 Å². The highest BCUT2D eigenvalue weighted by atomic mass is 32.1. The molecule has 114 valence electrons. The number of likely N-dealkylation sites (tertiary alicyclic amines) is 1. The van der Waals surface area contributed by atoms with Crippen molar-refractivity contribution in [2.75, 3.05) is 25.0 Å². The number of amides is 1. The molecule has 0 aromatic carbocycles. The molecular formula is C13H19N5O2S. The highest BCUT2D eigenvalue weighted by Gasteiger charge is 2.23. The van der Waals surface area contributed by atoms with E-state index in [9.17, 15) is 4.79 Å². The average molecular weight is 309 g/mol. The first-order valence-electron chi connectivity index (χ1n) is 6.91. The molecular weight excluding hydrogens is 290 g/mol. The first-order chi connectivity index (χ1) is 10.1. The molecule has 1 aliphatic heterocycles. The van der Waals surface area contributed by atoms with E-state index < -0.39 is 0 Å². The summed E-state index contributed by atoms with van der Waals surface area (Å²) >= 11 is 4.90. The highest BCUT2D eigenvalue weighted by Crippen LogP contribution is 2.15. The summed E-state index contributed by atoms with van der Waals surface area (Å²) in [5, 5.41) is 3.25. The number of rotatable bonds is 4. The summed E-state index contributed by atoms with van der Waals surface area (Å²) < 4.78 is 4.99. The maximum absolute atomic E-state index is 11.6. The van der Waals surface area contributed by atoms with Crippen LogP contribution >= 0.6 is 12.2 Å². The van der Waals surface area contributed by atoms with Gasteiger partial charge >= 0.3 is 6.09 Å². The van der Waals surface area contributed by atoms with Crippen molar-refractivity contribution in [2.45, 2.75) is 25.8 Å². The molecule has 0 bridgehead atoms. The molecule has 2 rings (SSSR count). The van der Waals surface area contributed by atoms with Crippen molar-refractivity contribution in [3.8, 4) is 0 Å². The van der Waals surface area contributed by atoms with Gasteiger partial charge in [-0.25, -0.2) is 14.8 Å². The minimum absolute atomic E-state index is 0.220. The molecule has 1 amide bonds. The lowest BCUT2D eigenvalue weighted by Crippen LogP contribution is -2.42. The molecule has 1 saturated heterocycles. The topological polar surface area (TPSA) is 93.4 Å². The van der Waals surface area contributed by atoms with Crippen LogP contribution in [0.1, 0.15) is 25.5 Å². The summed E-state index contributed by atoms with van der Waals surface area (Å²) in [5.41, 5.74) is 6.10. The van der Waals surface area contributed by atoms with Gasteiger partial charge < -0.3 is 20.7 Å². The molecule has 8 heteroatoms. The number of aromatic nitrogens is 2. The van der Waals surface area contributed by atoms with Gasteiger partial charge in [0.1, 0.15) is 10.7 Å². The van der Waals surface area contributed by atoms with E-state index in [0.29, 0.717) is 31.3 Å². The second kappa shape index (κ2) is 7.16. The number of carbonyl (C=O) groups excluding carboxylic acids is 1. The van der Waals surface area contributed by atoms with Gasteiger partial charge in [0.05, 0.1) is 6.61 Å². The van der Waals surface area contributed by atoms with Crippen LogP contribution in [0.4, 0.5) is 10.7 Å². The van der Waals surface area contributed by atoms with Crippen molar-refractivity contribution in [2.24, 2.45) is 5.73 Å². The van der Waals surface area contributed by atoms with Crippen molar-refractivity contribution in [1.82, 2.24) is 14.9 Å². The zero-order chi connectivity index (χ0) is 15.2. The zero-order valence-corrected chi connectivity index (χ0v) is 12.7. The van der Waals surface area contributed by atoms with Gasteiger partial charge in [-0.2, -0.15) is 0 Å². The summed E-state index contributed by atoms with van der Waals surface area (Å²) in [7, 11) is 0. The fourth-order valence-corrected chi connectivity index (χ4v) is 2.28. The molecule has 0 spiro atoms. The van der Waals surface area contributed by atoms with E-state index in [0.717, 1.165) is 12.8 Å². The lowest BCUT2D eigenvalue weighted by Gasteiger charge is -2.31. The molecule has 1 aromatic heterocycles. The minimum Gasteiger partial charge on any atom is -0.450 e. The fraction of sp³-hybridized carbons (Fsp3) is 0.538. The number of ether oxygens (including phenoxy) is 1. The van der Waals surface area contributed by atoms with E-state index >= 15 is 0 Å². The van der Waals surface area contributed by atoms with Gasteiger partial charge in [-0.15, -0.1) is 0 Å². The molecule has 7 nitrogen and oxygen atoms in total. The Labute approximate surface area is 128 Å². The third-order valence-corrected chi connectivity index (χ3v) is 3.47. The number of anilines is 1. The normalized spacial score (nSPS) is 15.6. The summed E-state index contributed by atoms with van der Waals surface area (Å²) in [6.07, 6.45) is 3.01. The molecule has 1 aliphatic rings.